The van der Waals surface area contributed by atoms with Gasteiger partial charge in [0.15, 0.2) is 11.5 Å². The van der Waals surface area contributed by atoms with Gasteiger partial charge in [0.1, 0.15) is 5.60 Å². The van der Waals surface area contributed by atoms with Gasteiger partial charge in [0.2, 0.25) is 5.75 Å². The quantitative estimate of drug-likeness (QED) is 0.819. The summed E-state index contributed by atoms with van der Waals surface area (Å²) in [7, 11) is 5.21. The topological polar surface area (TPSA) is 39.7 Å². The molecule has 4 heteroatoms. The van der Waals surface area contributed by atoms with Gasteiger partial charge in [0.25, 0.3) is 0 Å². The van der Waals surface area contributed by atoms with Crippen LogP contribution in [0.1, 0.15) is 12.8 Å². The maximum absolute atomic E-state index is 6.08. The number of benzene rings is 1. The van der Waals surface area contributed by atoms with Gasteiger partial charge in [0, 0.05) is 6.54 Å². The molecule has 0 radical (unpaired) electrons. The molecule has 1 fully saturated rings. The Balaban J connectivity index is 2.24. The molecule has 0 spiro atoms. The first kappa shape index (κ1) is 12.0. The molecule has 0 saturated heterocycles. The molecule has 0 unspecified atom stereocenters. The Hall–Kier alpha value is -1.42. The van der Waals surface area contributed by atoms with Crippen molar-refractivity contribution in [3.8, 4) is 17.2 Å². The monoisotopic (exact) mass is 237 g/mol. The lowest BCUT2D eigenvalue weighted by Gasteiger charge is -2.21. The summed E-state index contributed by atoms with van der Waals surface area (Å²) in [5.74, 6) is 2.13. The van der Waals surface area contributed by atoms with Gasteiger partial charge in [-0.15, -0.1) is 0 Å². The Labute approximate surface area is 102 Å². The van der Waals surface area contributed by atoms with Crippen LogP contribution in [0, 0.1) is 0 Å². The second-order valence-electron chi connectivity index (χ2n) is 4.31. The Kier molecular flexibility index (Phi) is 3.43. The number of para-hydroxylation sites is 1. The van der Waals surface area contributed by atoms with Crippen molar-refractivity contribution < 1.29 is 14.2 Å². The number of rotatable bonds is 6. The molecular formula is C13H19NO3. The number of methoxy groups -OCH3 is 2. The Morgan fingerprint density at radius 2 is 1.76 bits per heavy atom. The van der Waals surface area contributed by atoms with Gasteiger partial charge in [-0.25, -0.2) is 0 Å². The van der Waals surface area contributed by atoms with Crippen LogP contribution in [-0.4, -0.2) is 33.4 Å². The summed E-state index contributed by atoms with van der Waals surface area (Å²) in [6.07, 6.45) is 2.13. The van der Waals surface area contributed by atoms with Crippen molar-refractivity contribution in [2.45, 2.75) is 18.4 Å². The van der Waals surface area contributed by atoms with Crippen LogP contribution in [0.25, 0.3) is 0 Å². The molecule has 0 amide bonds. The van der Waals surface area contributed by atoms with Crippen molar-refractivity contribution in [1.82, 2.24) is 5.32 Å². The van der Waals surface area contributed by atoms with Crippen LogP contribution in [-0.2, 0) is 0 Å². The molecule has 94 valence electrons. The van der Waals surface area contributed by atoms with Crippen LogP contribution in [0.4, 0.5) is 0 Å². The van der Waals surface area contributed by atoms with E-state index in [9.17, 15) is 0 Å². The van der Waals surface area contributed by atoms with Crippen LogP contribution < -0.4 is 19.5 Å². The molecule has 0 heterocycles. The van der Waals surface area contributed by atoms with Crippen molar-refractivity contribution in [2.75, 3.05) is 27.8 Å². The van der Waals surface area contributed by atoms with E-state index in [0.717, 1.165) is 19.4 Å². The molecule has 0 bridgehead atoms. The lowest BCUT2D eigenvalue weighted by atomic mass is 10.2. The van der Waals surface area contributed by atoms with E-state index < -0.39 is 0 Å². The first-order chi connectivity index (χ1) is 8.24. The fourth-order valence-electron chi connectivity index (χ4n) is 1.91. The smallest absolute Gasteiger partial charge is 0.204 e. The van der Waals surface area contributed by atoms with E-state index >= 15 is 0 Å². The number of hydrogen-bond acceptors (Lipinski definition) is 4. The minimum atomic E-state index is -0.0866. The zero-order valence-electron chi connectivity index (χ0n) is 10.6. The maximum atomic E-state index is 6.08. The van der Waals surface area contributed by atoms with Crippen molar-refractivity contribution in [3.63, 3.8) is 0 Å². The molecule has 1 aromatic carbocycles. The molecule has 0 atom stereocenters. The molecular weight excluding hydrogens is 218 g/mol. The summed E-state index contributed by atoms with van der Waals surface area (Å²) in [6.45, 7) is 0.841. The highest BCUT2D eigenvalue weighted by molar-refractivity contribution is 5.51. The number of ether oxygens (including phenoxy) is 3. The van der Waals surface area contributed by atoms with Crippen molar-refractivity contribution in [2.24, 2.45) is 0 Å². The largest absolute Gasteiger partial charge is 0.493 e. The first-order valence-electron chi connectivity index (χ1n) is 5.79. The van der Waals surface area contributed by atoms with Crippen LogP contribution in [0.3, 0.4) is 0 Å². The summed E-state index contributed by atoms with van der Waals surface area (Å²) >= 11 is 0. The summed E-state index contributed by atoms with van der Waals surface area (Å²) in [5, 5.41) is 3.16. The molecule has 1 aliphatic rings. The predicted molar refractivity (Wildman–Crippen MR) is 66.1 cm³/mol. The minimum absolute atomic E-state index is 0.0866. The van der Waals surface area contributed by atoms with E-state index in [2.05, 4.69) is 5.32 Å². The fraction of sp³-hybridized carbons (Fsp3) is 0.538. The molecule has 0 aliphatic heterocycles. The van der Waals surface area contributed by atoms with Gasteiger partial charge in [-0.2, -0.15) is 0 Å². The van der Waals surface area contributed by atoms with E-state index in [1.165, 1.54) is 0 Å². The molecule has 17 heavy (non-hydrogen) atoms. The van der Waals surface area contributed by atoms with Crippen molar-refractivity contribution in [1.29, 1.82) is 0 Å². The average molecular weight is 237 g/mol. The fourth-order valence-corrected chi connectivity index (χ4v) is 1.91. The van der Waals surface area contributed by atoms with Crippen LogP contribution in [0.2, 0.25) is 0 Å². The summed E-state index contributed by atoms with van der Waals surface area (Å²) in [6, 6.07) is 5.66. The zero-order chi connectivity index (χ0) is 12.3. The van der Waals surface area contributed by atoms with E-state index in [1.54, 1.807) is 14.2 Å². The maximum Gasteiger partial charge on any atom is 0.204 e. The lowest BCUT2D eigenvalue weighted by molar-refractivity contribution is 0.164. The third-order valence-corrected chi connectivity index (χ3v) is 3.01. The van der Waals surface area contributed by atoms with Gasteiger partial charge < -0.3 is 19.5 Å². The van der Waals surface area contributed by atoms with E-state index in [0.29, 0.717) is 17.2 Å². The van der Waals surface area contributed by atoms with Gasteiger partial charge in [-0.3, -0.25) is 0 Å². The Morgan fingerprint density at radius 1 is 1.18 bits per heavy atom. The minimum Gasteiger partial charge on any atom is -0.493 e. The average Bonchev–Trinajstić information content (AvgIpc) is 3.09. The van der Waals surface area contributed by atoms with Gasteiger partial charge in [0.05, 0.1) is 14.2 Å². The predicted octanol–water partition coefficient (Wildman–Crippen LogP) is 1.83. The van der Waals surface area contributed by atoms with Gasteiger partial charge in [-0.05, 0) is 32.0 Å². The molecule has 1 saturated carbocycles. The van der Waals surface area contributed by atoms with E-state index in [-0.39, 0.29) is 5.60 Å². The highest BCUT2D eigenvalue weighted by atomic mass is 16.6. The summed E-state index contributed by atoms with van der Waals surface area (Å²) < 4.78 is 16.7. The third-order valence-electron chi connectivity index (χ3n) is 3.01. The van der Waals surface area contributed by atoms with Crippen LogP contribution in [0.15, 0.2) is 18.2 Å². The van der Waals surface area contributed by atoms with Gasteiger partial charge in [-0.1, -0.05) is 6.07 Å². The number of likely N-dealkylation sites (N-methyl/N-ethyl adjacent to an activating group) is 1. The first-order valence-corrected chi connectivity index (χ1v) is 5.79. The van der Waals surface area contributed by atoms with Crippen LogP contribution >= 0.6 is 0 Å². The molecule has 1 aromatic rings. The van der Waals surface area contributed by atoms with Crippen molar-refractivity contribution in [3.05, 3.63) is 18.2 Å². The van der Waals surface area contributed by atoms with E-state index in [1.807, 2.05) is 25.2 Å². The number of nitrogens with one attached hydrogen (secondary N) is 1. The molecule has 1 aliphatic carbocycles. The Morgan fingerprint density at radius 3 is 2.18 bits per heavy atom. The van der Waals surface area contributed by atoms with E-state index in [4.69, 9.17) is 14.2 Å². The molecule has 0 aromatic heterocycles. The highest BCUT2D eigenvalue weighted by Gasteiger charge is 2.45. The second kappa shape index (κ2) is 4.84. The second-order valence-corrected chi connectivity index (χ2v) is 4.31. The zero-order valence-corrected chi connectivity index (χ0v) is 10.6. The van der Waals surface area contributed by atoms with Crippen molar-refractivity contribution >= 4 is 0 Å². The molecule has 2 rings (SSSR count). The van der Waals surface area contributed by atoms with Gasteiger partial charge >= 0.3 is 0 Å². The molecule has 4 nitrogen and oxygen atoms in total. The third kappa shape index (κ3) is 2.47. The standard InChI is InChI=1S/C13H19NO3/c1-14-9-13(7-8-13)17-12-10(15-2)5-4-6-11(12)16-3/h4-6,14H,7-9H2,1-3H3. The normalized spacial score (nSPS) is 16.4. The summed E-state index contributed by atoms with van der Waals surface area (Å²) in [5.41, 5.74) is -0.0866. The highest BCUT2D eigenvalue weighted by Crippen LogP contribution is 2.46. The van der Waals surface area contributed by atoms with Crippen LogP contribution in [0.5, 0.6) is 17.2 Å². The Bertz CT molecular complexity index is 366. The molecule has 1 N–H and O–H groups in total. The SMILES string of the molecule is CNCC1(Oc2c(OC)cccc2OC)CC1. The number of hydrogen-bond donors (Lipinski definition) is 1. The lowest BCUT2D eigenvalue weighted by Crippen LogP contribution is -2.31. The summed E-state index contributed by atoms with van der Waals surface area (Å²) in [4.78, 5) is 0.